The first-order chi connectivity index (χ1) is 8.15. The van der Waals surface area contributed by atoms with Crippen molar-refractivity contribution >= 4 is 21.9 Å². The quantitative estimate of drug-likeness (QED) is 0.649. The van der Waals surface area contributed by atoms with Crippen LogP contribution >= 0.6 is 15.9 Å². The van der Waals surface area contributed by atoms with E-state index >= 15 is 0 Å². The molecule has 0 spiro atoms. The van der Waals surface area contributed by atoms with E-state index in [0.717, 1.165) is 17.9 Å². The summed E-state index contributed by atoms with van der Waals surface area (Å²) in [7, 11) is 3.56. The normalized spacial score (nSPS) is 23.4. The van der Waals surface area contributed by atoms with Crippen LogP contribution in [0.1, 0.15) is 17.9 Å². The Kier molecular flexibility index (Phi) is 3.66. The van der Waals surface area contributed by atoms with Gasteiger partial charge < -0.3 is 10.6 Å². The van der Waals surface area contributed by atoms with Crippen LogP contribution in [-0.4, -0.2) is 26.1 Å². The number of halogens is 2. The van der Waals surface area contributed by atoms with E-state index in [4.69, 9.17) is 0 Å². The van der Waals surface area contributed by atoms with Crippen molar-refractivity contribution in [3.05, 3.63) is 34.1 Å². The highest BCUT2D eigenvalue weighted by atomic mass is 79.9. The van der Waals surface area contributed by atoms with Crippen LogP contribution in [0.25, 0.3) is 0 Å². The number of hydrogen-bond acceptors (Lipinski definition) is 1. The van der Waals surface area contributed by atoms with Gasteiger partial charge in [-0.3, -0.25) is 4.99 Å². The summed E-state index contributed by atoms with van der Waals surface area (Å²) < 4.78 is 13.9. The van der Waals surface area contributed by atoms with Crippen LogP contribution in [0.4, 0.5) is 4.39 Å². The van der Waals surface area contributed by atoms with E-state index in [-0.39, 0.29) is 5.82 Å². The predicted octanol–water partition coefficient (Wildman–Crippen LogP) is 2.24. The highest BCUT2D eigenvalue weighted by molar-refractivity contribution is 9.10. The highest BCUT2D eigenvalue weighted by Crippen LogP contribution is 2.41. The lowest BCUT2D eigenvalue weighted by atomic mass is 10.1. The summed E-state index contributed by atoms with van der Waals surface area (Å²) in [6.07, 6.45) is 1.02. The van der Waals surface area contributed by atoms with Crippen molar-refractivity contribution in [3.63, 3.8) is 0 Å². The van der Waals surface area contributed by atoms with Crippen LogP contribution in [0.15, 0.2) is 27.7 Å². The molecular formula is C12H15BrFN3. The van der Waals surface area contributed by atoms with Crippen LogP contribution in [0.3, 0.4) is 0 Å². The molecule has 0 aliphatic heterocycles. The van der Waals surface area contributed by atoms with Crippen molar-refractivity contribution < 1.29 is 4.39 Å². The second kappa shape index (κ2) is 5.04. The molecule has 1 aliphatic rings. The Balaban J connectivity index is 2.00. The Morgan fingerprint density at radius 3 is 2.88 bits per heavy atom. The molecule has 0 saturated heterocycles. The fourth-order valence-corrected chi connectivity index (χ4v) is 2.14. The van der Waals surface area contributed by atoms with E-state index in [1.807, 2.05) is 13.1 Å². The summed E-state index contributed by atoms with van der Waals surface area (Å²) in [5, 5.41) is 6.25. The molecule has 1 aliphatic carbocycles. The van der Waals surface area contributed by atoms with Gasteiger partial charge in [0, 0.05) is 26.1 Å². The smallest absolute Gasteiger partial charge is 0.190 e. The lowest BCUT2D eigenvalue weighted by Gasteiger charge is -2.08. The molecule has 2 atom stereocenters. The van der Waals surface area contributed by atoms with Gasteiger partial charge in [0.05, 0.1) is 4.47 Å². The summed E-state index contributed by atoms with van der Waals surface area (Å²) in [5.41, 5.74) is 1.04. The van der Waals surface area contributed by atoms with Gasteiger partial charge in [-0.25, -0.2) is 4.39 Å². The van der Waals surface area contributed by atoms with E-state index < -0.39 is 0 Å². The van der Waals surface area contributed by atoms with Crippen molar-refractivity contribution in [2.75, 3.05) is 14.1 Å². The monoisotopic (exact) mass is 299 g/mol. The minimum Gasteiger partial charge on any atom is -0.359 e. The molecule has 3 nitrogen and oxygen atoms in total. The molecule has 1 aromatic carbocycles. The molecule has 17 heavy (non-hydrogen) atoms. The van der Waals surface area contributed by atoms with Gasteiger partial charge in [-0.15, -0.1) is 0 Å². The van der Waals surface area contributed by atoms with Crippen molar-refractivity contribution in [3.8, 4) is 0 Å². The third-order valence-electron chi connectivity index (χ3n) is 2.94. The molecule has 0 unspecified atom stereocenters. The maximum Gasteiger partial charge on any atom is 0.190 e. The number of aliphatic imine (C=N–C) groups is 1. The van der Waals surface area contributed by atoms with Crippen LogP contribution in [0.2, 0.25) is 0 Å². The van der Waals surface area contributed by atoms with Crippen molar-refractivity contribution in [1.82, 2.24) is 10.6 Å². The van der Waals surface area contributed by atoms with Gasteiger partial charge in [-0.2, -0.15) is 0 Å². The molecule has 0 amide bonds. The van der Waals surface area contributed by atoms with E-state index in [2.05, 4.69) is 31.6 Å². The summed E-state index contributed by atoms with van der Waals surface area (Å²) in [6, 6.07) is 5.66. The number of hydrogen-bond donors (Lipinski definition) is 2. The molecule has 0 heterocycles. The van der Waals surface area contributed by atoms with Gasteiger partial charge in [0.1, 0.15) is 5.82 Å². The maximum atomic E-state index is 13.4. The second-order valence-corrected chi connectivity index (χ2v) is 4.94. The third-order valence-corrected chi connectivity index (χ3v) is 3.59. The summed E-state index contributed by atoms with van der Waals surface area (Å²) in [5.74, 6) is 0.948. The standard InChI is InChI=1S/C12H15BrFN3/c1-15-12(16-2)17-11-6-8(11)7-3-4-9(13)10(14)5-7/h3-5,8,11H,6H2,1-2H3,(H2,15,16,17)/t8-,11+/m0/s1. The number of nitrogens with one attached hydrogen (secondary N) is 2. The van der Waals surface area contributed by atoms with Crippen molar-refractivity contribution in [2.45, 2.75) is 18.4 Å². The number of rotatable bonds is 2. The lowest BCUT2D eigenvalue weighted by Crippen LogP contribution is -2.36. The molecule has 1 saturated carbocycles. The molecular weight excluding hydrogens is 285 g/mol. The van der Waals surface area contributed by atoms with Gasteiger partial charge in [-0.05, 0) is 40.0 Å². The Morgan fingerprint density at radius 2 is 2.29 bits per heavy atom. The Bertz CT molecular complexity index is 447. The summed E-state index contributed by atoms with van der Waals surface area (Å²) in [4.78, 5) is 4.06. The van der Waals surface area contributed by atoms with Crippen molar-refractivity contribution in [1.29, 1.82) is 0 Å². The molecule has 92 valence electrons. The van der Waals surface area contributed by atoms with E-state index in [1.54, 1.807) is 19.2 Å². The predicted molar refractivity (Wildman–Crippen MR) is 70.8 cm³/mol. The largest absolute Gasteiger partial charge is 0.359 e. The van der Waals surface area contributed by atoms with Crippen LogP contribution in [0.5, 0.6) is 0 Å². The molecule has 0 radical (unpaired) electrons. The fourth-order valence-electron chi connectivity index (χ4n) is 1.89. The Morgan fingerprint density at radius 1 is 1.53 bits per heavy atom. The van der Waals surface area contributed by atoms with Crippen LogP contribution in [-0.2, 0) is 0 Å². The zero-order valence-electron chi connectivity index (χ0n) is 9.80. The molecule has 1 aromatic rings. The minimum absolute atomic E-state index is 0.203. The Labute approximate surface area is 109 Å². The van der Waals surface area contributed by atoms with Gasteiger partial charge in [0.15, 0.2) is 5.96 Å². The first-order valence-corrected chi connectivity index (χ1v) is 6.31. The van der Waals surface area contributed by atoms with Gasteiger partial charge in [0.25, 0.3) is 0 Å². The second-order valence-electron chi connectivity index (χ2n) is 4.09. The molecule has 0 aromatic heterocycles. The SMILES string of the molecule is CN=C(NC)N[C@@H]1C[C@H]1c1ccc(Br)c(F)c1. The highest BCUT2D eigenvalue weighted by Gasteiger charge is 2.39. The minimum atomic E-state index is -0.203. The Hall–Kier alpha value is -1.10. The zero-order chi connectivity index (χ0) is 12.4. The number of benzene rings is 1. The topological polar surface area (TPSA) is 36.4 Å². The third kappa shape index (κ3) is 2.77. The molecule has 1 fully saturated rings. The number of nitrogens with zero attached hydrogens (tertiary/aromatic N) is 1. The molecule has 2 rings (SSSR count). The molecule has 5 heteroatoms. The van der Waals surface area contributed by atoms with Gasteiger partial charge in [-0.1, -0.05) is 6.07 Å². The lowest BCUT2D eigenvalue weighted by molar-refractivity contribution is 0.618. The van der Waals surface area contributed by atoms with E-state index in [0.29, 0.717) is 16.4 Å². The maximum absolute atomic E-state index is 13.4. The van der Waals surface area contributed by atoms with Gasteiger partial charge >= 0.3 is 0 Å². The van der Waals surface area contributed by atoms with Gasteiger partial charge in [0.2, 0.25) is 0 Å². The van der Waals surface area contributed by atoms with Crippen LogP contribution in [0, 0.1) is 5.82 Å². The number of guanidine groups is 1. The molecule has 0 bridgehead atoms. The first-order valence-electron chi connectivity index (χ1n) is 5.51. The van der Waals surface area contributed by atoms with E-state index in [9.17, 15) is 4.39 Å². The zero-order valence-corrected chi connectivity index (χ0v) is 11.4. The van der Waals surface area contributed by atoms with E-state index in [1.165, 1.54) is 0 Å². The fraction of sp³-hybridized carbons (Fsp3) is 0.417. The van der Waals surface area contributed by atoms with Crippen LogP contribution < -0.4 is 10.6 Å². The average Bonchev–Trinajstić information content (AvgIpc) is 3.09. The molecule has 2 N–H and O–H groups in total. The average molecular weight is 300 g/mol. The summed E-state index contributed by atoms with van der Waals surface area (Å²) >= 11 is 3.16. The van der Waals surface area contributed by atoms with Crippen molar-refractivity contribution in [2.24, 2.45) is 4.99 Å². The first kappa shape index (κ1) is 12.4. The summed E-state index contributed by atoms with van der Waals surface area (Å²) in [6.45, 7) is 0.